The first-order chi connectivity index (χ1) is 9.25. The molecule has 0 fully saturated rings. The molecule has 4 nitrogen and oxygen atoms in total. The fourth-order valence-electron chi connectivity index (χ4n) is 2.10. The number of aryl methyl sites for hydroxylation is 1. The summed E-state index contributed by atoms with van der Waals surface area (Å²) in [5.41, 5.74) is 3.45. The van der Waals surface area contributed by atoms with Gasteiger partial charge in [0.15, 0.2) is 0 Å². The lowest BCUT2D eigenvalue weighted by molar-refractivity contribution is 0.880. The van der Waals surface area contributed by atoms with Crippen molar-refractivity contribution < 1.29 is 0 Å². The highest BCUT2D eigenvalue weighted by atomic mass is 16.1. The minimum Gasteiger partial charge on any atom is -0.329 e. The predicted octanol–water partition coefficient (Wildman–Crippen LogP) is 2.54. The third-order valence-electron chi connectivity index (χ3n) is 3.01. The maximum Gasteiger partial charge on any atom is 0.255 e. The second kappa shape index (κ2) is 4.57. The second-order valence-corrected chi connectivity index (χ2v) is 4.38. The van der Waals surface area contributed by atoms with E-state index in [0.29, 0.717) is 5.56 Å². The van der Waals surface area contributed by atoms with E-state index in [-0.39, 0.29) is 5.56 Å². The Balaban J connectivity index is 2.28. The largest absolute Gasteiger partial charge is 0.329 e. The van der Waals surface area contributed by atoms with Crippen LogP contribution < -0.4 is 5.56 Å². The van der Waals surface area contributed by atoms with Gasteiger partial charge in [0, 0.05) is 29.7 Å². The van der Waals surface area contributed by atoms with Crippen LogP contribution in [0.1, 0.15) is 5.56 Å². The zero-order chi connectivity index (χ0) is 13.2. The Morgan fingerprint density at radius 1 is 1.16 bits per heavy atom. The molecular formula is C15H13N3O. The van der Waals surface area contributed by atoms with Crippen LogP contribution in [0.25, 0.3) is 16.8 Å². The number of aromatic nitrogens is 3. The second-order valence-electron chi connectivity index (χ2n) is 4.38. The number of hydrogen-bond donors (Lipinski definition) is 1. The Kier molecular flexibility index (Phi) is 2.76. The first-order valence-electron chi connectivity index (χ1n) is 6.04. The number of rotatable bonds is 2. The summed E-state index contributed by atoms with van der Waals surface area (Å²) in [6.45, 7) is 2.02. The number of aromatic amines is 1. The number of H-pyrrole nitrogens is 1. The summed E-state index contributed by atoms with van der Waals surface area (Å²) in [4.78, 5) is 14.6. The molecule has 1 aromatic carbocycles. The van der Waals surface area contributed by atoms with E-state index in [1.807, 2.05) is 49.5 Å². The van der Waals surface area contributed by atoms with Crippen molar-refractivity contribution in [3.05, 3.63) is 70.9 Å². The van der Waals surface area contributed by atoms with Crippen molar-refractivity contribution in [3.8, 4) is 16.8 Å². The Labute approximate surface area is 110 Å². The van der Waals surface area contributed by atoms with Crippen molar-refractivity contribution >= 4 is 0 Å². The number of nitrogens with zero attached hydrogens (tertiary/aromatic N) is 2. The molecule has 0 saturated heterocycles. The van der Waals surface area contributed by atoms with E-state index in [2.05, 4.69) is 10.1 Å². The summed E-state index contributed by atoms with van der Waals surface area (Å²) in [5, 5.41) is 4.25. The van der Waals surface area contributed by atoms with Gasteiger partial charge in [-0.25, -0.2) is 4.68 Å². The molecule has 3 aromatic rings. The Bertz CT molecular complexity index is 757. The molecule has 0 aliphatic carbocycles. The maximum absolute atomic E-state index is 11.9. The van der Waals surface area contributed by atoms with E-state index in [1.54, 1.807) is 17.1 Å². The van der Waals surface area contributed by atoms with Crippen LogP contribution in [0, 0.1) is 6.92 Å². The first-order valence-corrected chi connectivity index (χ1v) is 6.04. The van der Waals surface area contributed by atoms with Crippen LogP contribution >= 0.6 is 0 Å². The summed E-state index contributed by atoms with van der Waals surface area (Å²) in [7, 11) is 0. The highest BCUT2D eigenvalue weighted by Crippen LogP contribution is 2.24. The van der Waals surface area contributed by atoms with E-state index in [1.165, 1.54) is 0 Å². The molecular weight excluding hydrogens is 238 g/mol. The Morgan fingerprint density at radius 2 is 2.05 bits per heavy atom. The fourth-order valence-corrected chi connectivity index (χ4v) is 2.10. The van der Waals surface area contributed by atoms with Crippen LogP contribution in [-0.2, 0) is 0 Å². The minimum atomic E-state index is -0.0974. The smallest absolute Gasteiger partial charge is 0.255 e. The van der Waals surface area contributed by atoms with Gasteiger partial charge in [-0.1, -0.05) is 12.1 Å². The van der Waals surface area contributed by atoms with Gasteiger partial charge in [0.1, 0.15) is 0 Å². The average molecular weight is 251 g/mol. The normalized spacial score (nSPS) is 10.6. The van der Waals surface area contributed by atoms with Gasteiger partial charge in [-0.05, 0) is 36.8 Å². The van der Waals surface area contributed by atoms with Gasteiger partial charge in [-0.3, -0.25) is 4.79 Å². The average Bonchev–Trinajstić information content (AvgIpc) is 2.93. The van der Waals surface area contributed by atoms with Gasteiger partial charge in [0.2, 0.25) is 0 Å². The van der Waals surface area contributed by atoms with Crippen LogP contribution in [0.5, 0.6) is 0 Å². The number of benzene rings is 1. The van der Waals surface area contributed by atoms with Crippen LogP contribution in [0.3, 0.4) is 0 Å². The van der Waals surface area contributed by atoms with Crippen molar-refractivity contribution in [1.29, 1.82) is 0 Å². The molecule has 0 unspecified atom stereocenters. The SMILES string of the molecule is Cc1ccc(-c2ccc[nH]c2=O)c(-n2cccn2)c1. The van der Waals surface area contributed by atoms with Crippen LogP contribution in [-0.4, -0.2) is 14.8 Å². The molecule has 2 heterocycles. The van der Waals surface area contributed by atoms with Gasteiger partial charge in [0.25, 0.3) is 5.56 Å². The van der Waals surface area contributed by atoms with Gasteiger partial charge in [-0.2, -0.15) is 5.10 Å². The lowest BCUT2D eigenvalue weighted by Gasteiger charge is -2.10. The quantitative estimate of drug-likeness (QED) is 0.761. The van der Waals surface area contributed by atoms with Gasteiger partial charge in [-0.15, -0.1) is 0 Å². The molecule has 4 heteroatoms. The van der Waals surface area contributed by atoms with E-state index < -0.39 is 0 Å². The highest BCUT2D eigenvalue weighted by Gasteiger charge is 2.10. The van der Waals surface area contributed by atoms with Crippen molar-refractivity contribution in [3.63, 3.8) is 0 Å². The molecule has 0 aliphatic rings. The summed E-state index contributed by atoms with van der Waals surface area (Å²) >= 11 is 0. The topological polar surface area (TPSA) is 50.7 Å². The van der Waals surface area contributed by atoms with Gasteiger partial charge >= 0.3 is 0 Å². The minimum absolute atomic E-state index is 0.0974. The Hall–Kier alpha value is -2.62. The van der Waals surface area contributed by atoms with Crippen LogP contribution in [0.4, 0.5) is 0 Å². The number of hydrogen-bond acceptors (Lipinski definition) is 2. The van der Waals surface area contributed by atoms with Gasteiger partial charge in [0.05, 0.1) is 5.69 Å². The fraction of sp³-hybridized carbons (Fsp3) is 0.0667. The third kappa shape index (κ3) is 2.08. The van der Waals surface area contributed by atoms with E-state index >= 15 is 0 Å². The summed E-state index contributed by atoms with van der Waals surface area (Å²) in [6.07, 6.45) is 5.23. The highest BCUT2D eigenvalue weighted by molar-refractivity contribution is 5.72. The summed E-state index contributed by atoms with van der Waals surface area (Å²) in [6, 6.07) is 11.5. The predicted molar refractivity (Wildman–Crippen MR) is 74.4 cm³/mol. The molecule has 3 rings (SSSR count). The molecule has 0 atom stereocenters. The molecule has 0 spiro atoms. The molecule has 0 bridgehead atoms. The molecule has 94 valence electrons. The zero-order valence-corrected chi connectivity index (χ0v) is 10.5. The zero-order valence-electron chi connectivity index (χ0n) is 10.5. The molecule has 0 amide bonds. The van der Waals surface area contributed by atoms with E-state index in [0.717, 1.165) is 16.8 Å². The van der Waals surface area contributed by atoms with Crippen molar-refractivity contribution in [2.45, 2.75) is 6.92 Å². The van der Waals surface area contributed by atoms with Crippen molar-refractivity contribution in [2.24, 2.45) is 0 Å². The number of nitrogens with one attached hydrogen (secondary N) is 1. The van der Waals surface area contributed by atoms with Crippen LogP contribution in [0.2, 0.25) is 0 Å². The third-order valence-corrected chi connectivity index (χ3v) is 3.01. The monoisotopic (exact) mass is 251 g/mol. The van der Waals surface area contributed by atoms with E-state index in [9.17, 15) is 4.79 Å². The molecule has 0 radical (unpaired) electrons. The van der Waals surface area contributed by atoms with Gasteiger partial charge < -0.3 is 4.98 Å². The van der Waals surface area contributed by atoms with Crippen LogP contribution in [0.15, 0.2) is 59.8 Å². The van der Waals surface area contributed by atoms with Crippen molar-refractivity contribution in [1.82, 2.24) is 14.8 Å². The number of pyridine rings is 1. The Morgan fingerprint density at radius 3 is 2.79 bits per heavy atom. The van der Waals surface area contributed by atoms with E-state index in [4.69, 9.17) is 0 Å². The standard InChI is InChI=1S/C15H13N3O/c1-11-5-6-12(13-4-2-7-16-15(13)19)14(10-11)18-9-3-8-17-18/h2-10H,1H3,(H,16,19). The summed E-state index contributed by atoms with van der Waals surface area (Å²) < 4.78 is 1.77. The lowest BCUT2D eigenvalue weighted by Crippen LogP contribution is -2.09. The maximum atomic E-state index is 11.9. The lowest BCUT2D eigenvalue weighted by atomic mass is 10.0. The molecule has 2 aromatic heterocycles. The molecule has 19 heavy (non-hydrogen) atoms. The first kappa shape index (κ1) is 11.5. The molecule has 0 saturated carbocycles. The van der Waals surface area contributed by atoms with Crippen molar-refractivity contribution in [2.75, 3.05) is 0 Å². The molecule has 1 N–H and O–H groups in total. The summed E-state index contributed by atoms with van der Waals surface area (Å²) in [5.74, 6) is 0. The molecule has 0 aliphatic heterocycles.